The number of hydrogen-bond donors (Lipinski definition) is 0. The van der Waals surface area contributed by atoms with E-state index in [-0.39, 0.29) is 12.5 Å². The third-order valence-corrected chi connectivity index (χ3v) is 7.92. The number of carbonyl (C=O) groups excluding carboxylic acids is 3. The summed E-state index contributed by atoms with van der Waals surface area (Å²) in [6.07, 6.45) is 4.71. The molecule has 3 aromatic rings. The van der Waals surface area contributed by atoms with Crippen LogP contribution in [0.5, 0.6) is 5.75 Å². The molecule has 0 bridgehead atoms. The third-order valence-electron chi connectivity index (χ3n) is 6.39. The van der Waals surface area contributed by atoms with Crippen molar-refractivity contribution < 1.29 is 19.1 Å². The third kappa shape index (κ3) is 5.34. The first-order valence-electron chi connectivity index (χ1n) is 11.9. The minimum atomic E-state index is -0.428. The van der Waals surface area contributed by atoms with Crippen LogP contribution >= 0.6 is 27.7 Å². The van der Waals surface area contributed by atoms with E-state index in [9.17, 15) is 14.4 Å². The van der Waals surface area contributed by atoms with E-state index in [0.717, 1.165) is 56.9 Å². The highest BCUT2D eigenvalue weighted by Gasteiger charge is 2.37. The van der Waals surface area contributed by atoms with Crippen molar-refractivity contribution in [1.29, 1.82) is 0 Å². The van der Waals surface area contributed by atoms with E-state index in [1.165, 1.54) is 5.39 Å². The number of rotatable bonds is 6. The molecule has 0 spiro atoms. The fourth-order valence-electron chi connectivity index (χ4n) is 4.46. The second kappa shape index (κ2) is 10.9. The van der Waals surface area contributed by atoms with Crippen molar-refractivity contribution in [3.8, 4) is 5.75 Å². The van der Waals surface area contributed by atoms with Gasteiger partial charge in [0.1, 0.15) is 18.9 Å². The normalized spacial score (nSPS) is 17.3. The molecule has 2 fully saturated rings. The first-order chi connectivity index (χ1) is 17.5. The smallest absolute Gasteiger partial charge is 0.294 e. The Hall–Kier alpha value is -3.10. The number of nitrogens with zero attached hydrogens (tertiary/aromatic N) is 2. The van der Waals surface area contributed by atoms with Crippen LogP contribution in [0.25, 0.3) is 16.8 Å². The van der Waals surface area contributed by atoms with Gasteiger partial charge in [0.25, 0.3) is 11.1 Å². The number of amides is 3. The molecule has 36 heavy (non-hydrogen) atoms. The maximum absolute atomic E-state index is 12.9. The molecule has 6 nitrogen and oxygen atoms in total. The molecule has 0 unspecified atom stereocenters. The van der Waals surface area contributed by atoms with Gasteiger partial charge in [-0.3, -0.25) is 19.3 Å². The molecule has 8 heteroatoms. The maximum Gasteiger partial charge on any atom is 0.294 e. The van der Waals surface area contributed by atoms with E-state index < -0.39 is 11.1 Å². The topological polar surface area (TPSA) is 66.9 Å². The van der Waals surface area contributed by atoms with E-state index >= 15 is 0 Å². The summed E-state index contributed by atoms with van der Waals surface area (Å²) in [6, 6.07) is 19.9. The zero-order valence-electron chi connectivity index (χ0n) is 19.6. The number of thioether (sulfide) groups is 1. The van der Waals surface area contributed by atoms with Gasteiger partial charge in [0.2, 0.25) is 5.91 Å². The van der Waals surface area contributed by atoms with Gasteiger partial charge in [-0.1, -0.05) is 48.5 Å². The number of carbonyl (C=O) groups is 3. The number of benzene rings is 3. The van der Waals surface area contributed by atoms with Crippen LogP contribution in [0.15, 0.2) is 70.0 Å². The molecule has 0 N–H and O–H groups in total. The summed E-state index contributed by atoms with van der Waals surface area (Å²) >= 11 is 4.43. The fraction of sp³-hybridized carbons (Fsp3) is 0.250. The maximum atomic E-state index is 12.9. The van der Waals surface area contributed by atoms with E-state index in [4.69, 9.17) is 4.74 Å². The van der Waals surface area contributed by atoms with Crippen molar-refractivity contribution in [1.82, 2.24) is 9.80 Å². The van der Waals surface area contributed by atoms with Gasteiger partial charge in [0.05, 0.1) is 9.38 Å². The number of imide groups is 1. The van der Waals surface area contributed by atoms with Crippen molar-refractivity contribution in [3.05, 3.63) is 81.2 Å². The quantitative estimate of drug-likeness (QED) is 0.332. The summed E-state index contributed by atoms with van der Waals surface area (Å²) in [5, 5.41) is 1.91. The monoisotopic (exact) mass is 564 g/mol. The van der Waals surface area contributed by atoms with E-state index in [1.807, 2.05) is 36.4 Å². The molecule has 2 saturated heterocycles. The SMILES string of the molecule is O=C(CN1C(=O)S/C(=C\c2ccc(OCc3cccc4ccccc34)c(Br)c2)C1=O)N1CCCCC1. The van der Waals surface area contributed by atoms with E-state index in [2.05, 4.69) is 40.2 Å². The van der Waals surface area contributed by atoms with Crippen LogP contribution in [0.2, 0.25) is 0 Å². The van der Waals surface area contributed by atoms with Crippen molar-refractivity contribution in [2.75, 3.05) is 19.6 Å². The molecule has 184 valence electrons. The summed E-state index contributed by atoms with van der Waals surface area (Å²) < 4.78 is 6.81. The molecule has 5 rings (SSSR count). The zero-order chi connectivity index (χ0) is 25.1. The van der Waals surface area contributed by atoms with Gasteiger partial charge >= 0.3 is 0 Å². The standard InChI is InChI=1S/C28H25BrN2O4S/c29-23-15-19(11-12-24(23)35-18-21-9-6-8-20-7-2-3-10-22(20)21)16-25-27(33)31(28(34)36-25)17-26(32)30-13-4-1-5-14-30/h2-3,6-12,15-16H,1,4-5,13-14,17-18H2/b25-16-. The molecular formula is C28H25BrN2O4S. The second-order valence-electron chi connectivity index (χ2n) is 8.83. The van der Waals surface area contributed by atoms with Crippen LogP contribution in [0.1, 0.15) is 30.4 Å². The summed E-state index contributed by atoms with van der Waals surface area (Å²) in [4.78, 5) is 41.0. The molecule has 2 heterocycles. The highest BCUT2D eigenvalue weighted by molar-refractivity contribution is 9.10. The van der Waals surface area contributed by atoms with Gasteiger partial charge in [0.15, 0.2) is 0 Å². The molecular weight excluding hydrogens is 540 g/mol. The Bertz CT molecular complexity index is 1360. The fourth-order valence-corrected chi connectivity index (χ4v) is 5.81. The van der Waals surface area contributed by atoms with Gasteiger partial charge in [0, 0.05) is 13.1 Å². The molecule has 2 aliphatic rings. The number of fused-ring (bicyclic) bond motifs is 1. The van der Waals surface area contributed by atoms with Gasteiger partial charge in [-0.05, 0) is 87.1 Å². The van der Waals surface area contributed by atoms with Crippen LogP contribution in [0, 0.1) is 0 Å². The van der Waals surface area contributed by atoms with Gasteiger partial charge < -0.3 is 9.64 Å². The number of piperidine rings is 1. The summed E-state index contributed by atoms with van der Waals surface area (Å²) in [5.74, 6) is 0.0803. The summed E-state index contributed by atoms with van der Waals surface area (Å²) in [7, 11) is 0. The van der Waals surface area contributed by atoms with Crippen LogP contribution in [0.3, 0.4) is 0 Å². The average Bonchev–Trinajstić information content (AvgIpc) is 3.16. The molecule has 0 aromatic heterocycles. The Kier molecular flexibility index (Phi) is 7.43. The van der Waals surface area contributed by atoms with Crippen LogP contribution in [-0.2, 0) is 16.2 Å². The Balaban J connectivity index is 1.25. The number of ether oxygens (including phenoxy) is 1. The zero-order valence-corrected chi connectivity index (χ0v) is 22.0. The first kappa shape index (κ1) is 24.6. The number of likely N-dealkylation sites (tertiary alicyclic amines) is 1. The molecule has 0 aliphatic carbocycles. The van der Waals surface area contributed by atoms with Gasteiger partial charge in [-0.2, -0.15) is 0 Å². The van der Waals surface area contributed by atoms with Crippen molar-refractivity contribution >= 4 is 61.6 Å². The first-order valence-corrected chi connectivity index (χ1v) is 13.5. The van der Waals surface area contributed by atoms with E-state index in [0.29, 0.717) is 30.4 Å². The van der Waals surface area contributed by atoms with Crippen molar-refractivity contribution in [2.45, 2.75) is 25.9 Å². The van der Waals surface area contributed by atoms with Crippen LogP contribution in [-0.4, -0.2) is 46.5 Å². The molecule has 2 aliphatic heterocycles. The van der Waals surface area contributed by atoms with Crippen LogP contribution in [0.4, 0.5) is 4.79 Å². The second-order valence-corrected chi connectivity index (χ2v) is 10.7. The summed E-state index contributed by atoms with van der Waals surface area (Å²) in [5.41, 5.74) is 1.85. The van der Waals surface area contributed by atoms with Crippen molar-refractivity contribution in [3.63, 3.8) is 0 Å². The molecule has 3 aromatic carbocycles. The molecule has 3 amide bonds. The number of hydrogen-bond acceptors (Lipinski definition) is 5. The summed E-state index contributed by atoms with van der Waals surface area (Å²) in [6.45, 7) is 1.59. The highest BCUT2D eigenvalue weighted by Crippen LogP contribution is 2.34. The lowest BCUT2D eigenvalue weighted by atomic mass is 10.1. The Morgan fingerprint density at radius 2 is 1.78 bits per heavy atom. The van der Waals surface area contributed by atoms with E-state index in [1.54, 1.807) is 11.0 Å². The lowest BCUT2D eigenvalue weighted by Crippen LogP contribution is -2.44. The minimum absolute atomic E-state index is 0.173. The van der Waals surface area contributed by atoms with Gasteiger partial charge in [-0.15, -0.1) is 0 Å². The van der Waals surface area contributed by atoms with Crippen LogP contribution < -0.4 is 4.74 Å². The molecule has 0 saturated carbocycles. The number of halogens is 1. The Morgan fingerprint density at radius 3 is 2.58 bits per heavy atom. The predicted octanol–water partition coefficient (Wildman–Crippen LogP) is 6.23. The predicted molar refractivity (Wildman–Crippen MR) is 146 cm³/mol. The molecule has 0 atom stereocenters. The lowest BCUT2D eigenvalue weighted by molar-refractivity contribution is -0.136. The Morgan fingerprint density at radius 1 is 1.00 bits per heavy atom. The average molecular weight is 565 g/mol. The highest BCUT2D eigenvalue weighted by atomic mass is 79.9. The Labute approximate surface area is 222 Å². The minimum Gasteiger partial charge on any atom is -0.488 e. The lowest BCUT2D eigenvalue weighted by Gasteiger charge is -2.27. The largest absolute Gasteiger partial charge is 0.488 e. The molecule has 0 radical (unpaired) electrons. The van der Waals surface area contributed by atoms with Gasteiger partial charge in [-0.25, -0.2) is 0 Å². The van der Waals surface area contributed by atoms with Crippen molar-refractivity contribution in [2.24, 2.45) is 0 Å².